The lowest BCUT2D eigenvalue weighted by molar-refractivity contribution is -0.123. The monoisotopic (exact) mass is 293 g/mol. The smallest absolute Gasteiger partial charge is 0.233 e. The Kier molecular flexibility index (Phi) is 5.11. The van der Waals surface area contributed by atoms with E-state index < -0.39 is 0 Å². The summed E-state index contributed by atoms with van der Waals surface area (Å²) in [5.41, 5.74) is 0.983. The van der Waals surface area contributed by atoms with Crippen molar-refractivity contribution in [1.29, 1.82) is 0 Å². The third-order valence-electron chi connectivity index (χ3n) is 3.62. The number of ether oxygens (including phenoxy) is 1. The van der Waals surface area contributed by atoms with Crippen molar-refractivity contribution in [2.75, 3.05) is 6.61 Å². The van der Waals surface area contributed by atoms with Crippen LogP contribution in [-0.4, -0.2) is 29.4 Å². The molecule has 2 rings (SSSR count). The maximum absolute atomic E-state index is 12.2. The number of benzene rings is 1. The third-order valence-corrected chi connectivity index (χ3v) is 4.04. The molecule has 2 unspecified atom stereocenters. The molecular formula is C16H23NO2S. The van der Waals surface area contributed by atoms with Crippen LogP contribution in [0.4, 0.5) is 0 Å². The largest absolute Gasteiger partial charge is 0.375 e. The molecule has 3 nitrogen and oxygen atoms in total. The minimum Gasteiger partial charge on any atom is -0.375 e. The highest BCUT2D eigenvalue weighted by molar-refractivity contribution is 7.81. The highest BCUT2D eigenvalue weighted by atomic mass is 32.1. The van der Waals surface area contributed by atoms with Crippen LogP contribution in [0.2, 0.25) is 0 Å². The van der Waals surface area contributed by atoms with Crippen molar-refractivity contribution >= 4 is 18.5 Å². The quantitative estimate of drug-likeness (QED) is 0.838. The van der Waals surface area contributed by atoms with Gasteiger partial charge in [-0.15, -0.1) is 0 Å². The lowest BCUT2D eigenvalue weighted by Crippen LogP contribution is -2.48. The van der Waals surface area contributed by atoms with Gasteiger partial charge in [-0.1, -0.05) is 30.3 Å². The van der Waals surface area contributed by atoms with Gasteiger partial charge in [0.2, 0.25) is 5.91 Å². The van der Waals surface area contributed by atoms with Crippen LogP contribution in [0.1, 0.15) is 32.3 Å². The molecule has 1 aromatic carbocycles. The van der Waals surface area contributed by atoms with Crippen LogP contribution in [-0.2, 0) is 16.0 Å². The highest BCUT2D eigenvalue weighted by Gasteiger charge is 2.30. The summed E-state index contributed by atoms with van der Waals surface area (Å²) < 4.78 is 5.66. The summed E-state index contributed by atoms with van der Waals surface area (Å²) in [7, 11) is 0. The lowest BCUT2D eigenvalue weighted by atomic mass is 9.94. The maximum atomic E-state index is 12.2. The molecule has 0 radical (unpaired) electrons. The Hall–Kier alpha value is -1.00. The number of thiol groups is 1. The van der Waals surface area contributed by atoms with Crippen LogP contribution < -0.4 is 5.32 Å². The molecule has 0 aromatic heterocycles. The molecule has 1 fully saturated rings. The Morgan fingerprint density at radius 2 is 2.15 bits per heavy atom. The average molecular weight is 293 g/mol. The first-order valence-electron chi connectivity index (χ1n) is 7.13. The molecule has 1 aliphatic heterocycles. The molecule has 2 atom stereocenters. The number of nitrogens with one attached hydrogen (secondary N) is 1. The SMILES string of the molecule is CC1(C)CC(NC(=O)C(S)Cc2ccccc2)CCO1. The van der Waals surface area contributed by atoms with Gasteiger partial charge in [0, 0.05) is 12.6 Å². The molecule has 1 amide bonds. The van der Waals surface area contributed by atoms with Crippen LogP contribution in [0.5, 0.6) is 0 Å². The molecule has 1 aromatic rings. The van der Waals surface area contributed by atoms with E-state index in [1.54, 1.807) is 0 Å². The fraction of sp³-hybridized carbons (Fsp3) is 0.562. The van der Waals surface area contributed by atoms with Gasteiger partial charge in [0.1, 0.15) is 0 Å². The molecule has 0 saturated carbocycles. The van der Waals surface area contributed by atoms with Crippen molar-refractivity contribution < 1.29 is 9.53 Å². The normalized spacial score (nSPS) is 23.1. The lowest BCUT2D eigenvalue weighted by Gasteiger charge is -2.36. The summed E-state index contributed by atoms with van der Waals surface area (Å²) in [5, 5.41) is 2.80. The van der Waals surface area contributed by atoms with E-state index in [9.17, 15) is 4.79 Å². The number of carbonyl (C=O) groups is 1. The molecule has 1 aliphatic rings. The molecule has 20 heavy (non-hydrogen) atoms. The number of rotatable bonds is 4. The standard InChI is InChI=1S/C16H23NO2S/c1-16(2)11-13(8-9-19-16)17-15(18)14(20)10-12-6-4-3-5-7-12/h3-7,13-14,20H,8-11H2,1-2H3,(H,17,18). The zero-order valence-electron chi connectivity index (χ0n) is 12.1. The van der Waals surface area contributed by atoms with Crippen LogP contribution in [0, 0.1) is 0 Å². The maximum Gasteiger partial charge on any atom is 0.233 e. The van der Waals surface area contributed by atoms with Crippen molar-refractivity contribution in [3.63, 3.8) is 0 Å². The zero-order valence-corrected chi connectivity index (χ0v) is 13.0. The van der Waals surface area contributed by atoms with Crippen molar-refractivity contribution in [2.24, 2.45) is 0 Å². The Labute approximate surface area is 126 Å². The Morgan fingerprint density at radius 1 is 1.45 bits per heavy atom. The molecule has 0 bridgehead atoms. The second kappa shape index (κ2) is 6.64. The van der Waals surface area contributed by atoms with Gasteiger partial charge < -0.3 is 10.1 Å². The summed E-state index contributed by atoms with van der Waals surface area (Å²) in [6, 6.07) is 10.2. The van der Waals surface area contributed by atoms with E-state index in [1.807, 2.05) is 30.3 Å². The summed E-state index contributed by atoms with van der Waals surface area (Å²) >= 11 is 4.44. The second-order valence-corrected chi connectivity index (χ2v) is 6.64. The minimum absolute atomic E-state index is 0.0138. The van der Waals surface area contributed by atoms with E-state index in [4.69, 9.17) is 4.74 Å². The van der Waals surface area contributed by atoms with Gasteiger partial charge in [-0.05, 0) is 38.7 Å². The van der Waals surface area contributed by atoms with Gasteiger partial charge in [-0.25, -0.2) is 0 Å². The van der Waals surface area contributed by atoms with Gasteiger partial charge >= 0.3 is 0 Å². The Bertz CT molecular complexity index is 447. The van der Waals surface area contributed by atoms with E-state index in [1.165, 1.54) is 0 Å². The molecular weight excluding hydrogens is 270 g/mol. The van der Waals surface area contributed by atoms with Crippen LogP contribution >= 0.6 is 12.6 Å². The third kappa shape index (κ3) is 4.53. The van der Waals surface area contributed by atoms with E-state index in [0.29, 0.717) is 13.0 Å². The number of amides is 1. The Balaban J connectivity index is 1.85. The van der Waals surface area contributed by atoms with Gasteiger partial charge in [0.15, 0.2) is 0 Å². The molecule has 0 aliphatic carbocycles. The summed E-state index contributed by atoms with van der Waals surface area (Å²) in [4.78, 5) is 12.2. The number of carbonyl (C=O) groups excluding carboxylic acids is 1. The van der Waals surface area contributed by atoms with Gasteiger partial charge in [0.25, 0.3) is 0 Å². The zero-order chi connectivity index (χ0) is 14.6. The molecule has 1 N–H and O–H groups in total. The predicted octanol–water partition coefficient (Wildman–Crippen LogP) is 2.60. The van der Waals surface area contributed by atoms with Gasteiger partial charge in [-0.2, -0.15) is 12.6 Å². The number of hydrogen-bond donors (Lipinski definition) is 2. The molecule has 0 spiro atoms. The molecule has 1 heterocycles. The predicted molar refractivity (Wildman–Crippen MR) is 84.1 cm³/mol. The van der Waals surface area contributed by atoms with Crippen molar-refractivity contribution in [2.45, 2.75) is 50.0 Å². The van der Waals surface area contributed by atoms with Crippen molar-refractivity contribution in [3.8, 4) is 0 Å². The fourth-order valence-corrected chi connectivity index (χ4v) is 2.87. The summed E-state index contributed by atoms with van der Waals surface area (Å²) in [6.45, 7) is 4.83. The first-order valence-corrected chi connectivity index (χ1v) is 7.64. The van der Waals surface area contributed by atoms with E-state index >= 15 is 0 Å². The van der Waals surface area contributed by atoms with Crippen LogP contribution in [0.25, 0.3) is 0 Å². The summed E-state index contributed by atoms with van der Waals surface area (Å²) in [6.07, 6.45) is 2.38. The molecule has 1 saturated heterocycles. The molecule has 4 heteroatoms. The Morgan fingerprint density at radius 3 is 2.80 bits per heavy atom. The topological polar surface area (TPSA) is 38.3 Å². The van der Waals surface area contributed by atoms with Gasteiger partial charge in [-0.3, -0.25) is 4.79 Å². The van der Waals surface area contributed by atoms with E-state index in [0.717, 1.165) is 18.4 Å². The van der Waals surface area contributed by atoms with Crippen molar-refractivity contribution in [3.05, 3.63) is 35.9 Å². The number of hydrogen-bond acceptors (Lipinski definition) is 3. The van der Waals surface area contributed by atoms with E-state index in [-0.39, 0.29) is 22.8 Å². The fourth-order valence-electron chi connectivity index (χ4n) is 2.58. The molecule has 110 valence electrons. The first-order chi connectivity index (χ1) is 9.46. The second-order valence-electron chi connectivity index (χ2n) is 6.01. The van der Waals surface area contributed by atoms with Crippen LogP contribution in [0.15, 0.2) is 30.3 Å². The van der Waals surface area contributed by atoms with Crippen LogP contribution in [0.3, 0.4) is 0 Å². The van der Waals surface area contributed by atoms with Crippen molar-refractivity contribution in [1.82, 2.24) is 5.32 Å². The highest BCUT2D eigenvalue weighted by Crippen LogP contribution is 2.24. The first kappa shape index (κ1) is 15.4. The van der Waals surface area contributed by atoms with Gasteiger partial charge in [0.05, 0.1) is 10.9 Å². The summed E-state index contributed by atoms with van der Waals surface area (Å²) in [5.74, 6) is 0.0138. The average Bonchev–Trinajstić information content (AvgIpc) is 2.38. The minimum atomic E-state index is -0.302. The van der Waals surface area contributed by atoms with E-state index in [2.05, 4.69) is 31.8 Å².